The molecule has 3 heteroatoms. The number of hydrogen-bond donors (Lipinski definition) is 2. The molecule has 0 amide bonds. The van der Waals surface area contributed by atoms with Gasteiger partial charge in [-0.1, -0.05) is 6.07 Å². The molecule has 3 nitrogen and oxygen atoms in total. The summed E-state index contributed by atoms with van der Waals surface area (Å²) in [5.41, 5.74) is 3.87. The summed E-state index contributed by atoms with van der Waals surface area (Å²) in [7, 11) is 2.19. The number of nitrogens with zero attached hydrogens (tertiary/aromatic N) is 1. The summed E-state index contributed by atoms with van der Waals surface area (Å²) in [4.78, 5) is 2.38. The predicted molar refractivity (Wildman–Crippen MR) is 73.7 cm³/mol. The Hall–Kier alpha value is -1.06. The minimum Gasteiger partial charge on any atom is -0.383 e. The van der Waals surface area contributed by atoms with Crippen molar-refractivity contribution in [1.29, 1.82) is 0 Å². The van der Waals surface area contributed by atoms with Gasteiger partial charge in [0.2, 0.25) is 0 Å². The fourth-order valence-electron chi connectivity index (χ4n) is 2.45. The minimum atomic E-state index is 0.551. The van der Waals surface area contributed by atoms with Gasteiger partial charge in [-0.15, -0.1) is 0 Å². The molecule has 17 heavy (non-hydrogen) atoms. The highest BCUT2D eigenvalue weighted by molar-refractivity contribution is 5.48. The molecule has 1 unspecified atom stereocenters. The van der Waals surface area contributed by atoms with E-state index in [1.165, 1.54) is 16.8 Å². The first-order valence-electron chi connectivity index (χ1n) is 6.37. The first kappa shape index (κ1) is 12.4. The van der Waals surface area contributed by atoms with Crippen LogP contribution in [0.3, 0.4) is 0 Å². The molecule has 1 heterocycles. The van der Waals surface area contributed by atoms with E-state index in [0.717, 1.165) is 26.2 Å². The molecule has 1 aromatic carbocycles. The van der Waals surface area contributed by atoms with Crippen molar-refractivity contribution in [1.82, 2.24) is 10.2 Å². The van der Waals surface area contributed by atoms with Crippen molar-refractivity contribution in [2.75, 3.05) is 38.5 Å². The lowest BCUT2D eigenvalue weighted by molar-refractivity contribution is 0.244. The molecule has 0 radical (unpaired) electrons. The number of likely N-dealkylation sites (N-methyl/N-ethyl adjacent to an activating group) is 1. The monoisotopic (exact) mass is 233 g/mol. The second-order valence-electron chi connectivity index (χ2n) is 5.17. The van der Waals surface area contributed by atoms with Gasteiger partial charge in [-0.3, -0.25) is 0 Å². The van der Waals surface area contributed by atoms with Crippen molar-refractivity contribution < 1.29 is 0 Å². The Morgan fingerprint density at radius 3 is 2.65 bits per heavy atom. The van der Waals surface area contributed by atoms with Gasteiger partial charge in [0.15, 0.2) is 0 Å². The summed E-state index contributed by atoms with van der Waals surface area (Å²) in [6.45, 7) is 8.65. The van der Waals surface area contributed by atoms with Crippen LogP contribution in [0, 0.1) is 13.8 Å². The van der Waals surface area contributed by atoms with E-state index in [0.29, 0.717) is 6.04 Å². The molecular weight excluding hydrogens is 210 g/mol. The van der Waals surface area contributed by atoms with Crippen LogP contribution >= 0.6 is 0 Å². The Morgan fingerprint density at radius 1 is 1.29 bits per heavy atom. The van der Waals surface area contributed by atoms with E-state index >= 15 is 0 Å². The van der Waals surface area contributed by atoms with E-state index in [1.54, 1.807) is 0 Å². The van der Waals surface area contributed by atoms with Crippen LogP contribution in [0.2, 0.25) is 0 Å². The Balaban J connectivity index is 1.88. The summed E-state index contributed by atoms with van der Waals surface area (Å²) in [6, 6.07) is 7.17. The van der Waals surface area contributed by atoms with Crippen LogP contribution in [-0.4, -0.2) is 44.2 Å². The smallest absolute Gasteiger partial charge is 0.0369 e. The molecule has 0 saturated carbocycles. The fourth-order valence-corrected chi connectivity index (χ4v) is 2.45. The molecule has 1 atom stereocenters. The Bertz CT molecular complexity index is 355. The van der Waals surface area contributed by atoms with Gasteiger partial charge in [-0.2, -0.15) is 0 Å². The Kier molecular flexibility index (Phi) is 4.02. The highest BCUT2D eigenvalue weighted by Crippen LogP contribution is 2.13. The van der Waals surface area contributed by atoms with Crippen molar-refractivity contribution >= 4 is 5.69 Å². The molecule has 0 spiro atoms. The largest absolute Gasteiger partial charge is 0.383 e. The molecule has 0 aliphatic carbocycles. The van der Waals surface area contributed by atoms with Crippen LogP contribution in [0.25, 0.3) is 0 Å². The van der Waals surface area contributed by atoms with E-state index in [4.69, 9.17) is 0 Å². The standard InChI is InChI=1S/C14H23N3/c1-11-6-12(2)8-13(7-11)16-9-14-10-17(3)5-4-15-14/h6-8,14-16H,4-5,9-10H2,1-3H3. The second kappa shape index (κ2) is 5.52. The molecule has 1 fully saturated rings. The molecular formula is C14H23N3. The normalized spacial score (nSPS) is 21.5. The van der Waals surface area contributed by atoms with E-state index in [1.807, 2.05) is 0 Å². The third-order valence-corrected chi connectivity index (χ3v) is 3.23. The van der Waals surface area contributed by atoms with E-state index in [-0.39, 0.29) is 0 Å². The first-order chi connectivity index (χ1) is 8.13. The van der Waals surface area contributed by atoms with Crippen molar-refractivity contribution in [3.8, 4) is 0 Å². The summed E-state index contributed by atoms with van der Waals surface area (Å²) >= 11 is 0. The molecule has 1 saturated heterocycles. The van der Waals surface area contributed by atoms with Crippen LogP contribution in [-0.2, 0) is 0 Å². The Labute approximate surface area is 104 Å². The van der Waals surface area contributed by atoms with E-state index in [9.17, 15) is 0 Å². The van der Waals surface area contributed by atoms with Gasteiger partial charge in [0.1, 0.15) is 0 Å². The highest BCUT2D eigenvalue weighted by Gasteiger charge is 2.15. The van der Waals surface area contributed by atoms with Crippen molar-refractivity contribution in [3.05, 3.63) is 29.3 Å². The zero-order chi connectivity index (χ0) is 12.3. The summed E-state index contributed by atoms with van der Waals surface area (Å²) < 4.78 is 0. The molecule has 1 aliphatic rings. The minimum absolute atomic E-state index is 0.551. The summed E-state index contributed by atoms with van der Waals surface area (Å²) in [6.07, 6.45) is 0. The van der Waals surface area contributed by atoms with Gasteiger partial charge in [0, 0.05) is 37.9 Å². The molecule has 2 rings (SSSR count). The number of nitrogens with one attached hydrogen (secondary N) is 2. The molecule has 1 aliphatic heterocycles. The summed E-state index contributed by atoms with van der Waals surface area (Å²) in [5.74, 6) is 0. The SMILES string of the molecule is Cc1cc(C)cc(NCC2CN(C)CCN2)c1. The molecule has 1 aromatic rings. The molecule has 0 aromatic heterocycles. The van der Waals surface area contributed by atoms with Crippen molar-refractivity contribution in [3.63, 3.8) is 0 Å². The Morgan fingerprint density at radius 2 is 2.00 bits per heavy atom. The molecule has 0 bridgehead atoms. The quantitative estimate of drug-likeness (QED) is 0.831. The van der Waals surface area contributed by atoms with Crippen molar-refractivity contribution in [2.24, 2.45) is 0 Å². The number of piperazine rings is 1. The molecule has 2 N–H and O–H groups in total. The predicted octanol–water partition coefficient (Wildman–Crippen LogP) is 1.62. The number of anilines is 1. The van der Waals surface area contributed by atoms with Crippen LogP contribution in [0.1, 0.15) is 11.1 Å². The summed E-state index contributed by atoms with van der Waals surface area (Å²) in [5, 5.41) is 7.07. The lowest BCUT2D eigenvalue weighted by Crippen LogP contribution is -2.51. The number of rotatable bonds is 3. The van der Waals surface area contributed by atoms with Crippen LogP contribution in [0.5, 0.6) is 0 Å². The fraction of sp³-hybridized carbons (Fsp3) is 0.571. The van der Waals surface area contributed by atoms with Gasteiger partial charge in [0.05, 0.1) is 0 Å². The van der Waals surface area contributed by atoms with Gasteiger partial charge < -0.3 is 15.5 Å². The maximum atomic E-state index is 3.54. The second-order valence-corrected chi connectivity index (χ2v) is 5.17. The third-order valence-electron chi connectivity index (χ3n) is 3.23. The van der Waals surface area contributed by atoms with E-state index < -0.39 is 0 Å². The number of benzene rings is 1. The number of aryl methyl sites for hydroxylation is 2. The zero-order valence-corrected chi connectivity index (χ0v) is 11.1. The van der Waals surface area contributed by atoms with Gasteiger partial charge in [0.25, 0.3) is 0 Å². The third kappa shape index (κ3) is 3.72. The molecule has 94 valence electrons. The van der Waals surface area contributed by atoms with Gasteiger partial charge in [-0.25, -0.2) is 0 Å². The topological polar surface area (TPSA) is 27.3 Å². The maximum absolute atomic E-state index is 3.54. The zero-order valence-electron chi connectivity index (χ0n) is 11.1. The van der Waals surface area contributed by atoms with Gasteiger partial charge >= 0.3 is 0 Å². The maximum Gasteiger partial charge on any atom is 0.0369 e. The highest BCUT2D eigenvalue weighted by atomic mass is 15.2. The van der Waals surface area contributed by atoms with Crippen LogP contribution < -0.4 is 10.6 Å². The van der Waals surface area contributed by atoms with Crippen LogP contribution in [0.4, 0.5) is 5.69 Å². The lowest BCUT2D eigenvalue weighted by atomic mass is 10.1. The first-order valence-corrected chi connectivity index (χ1v) is 6.37. The van der Waals surface area contributed by atoms with Gasteiger partial charge in [-0.05, 0) is 44.2 Å². The average Bonchev–Trinajstić information content (AvgIpc) is 2.25. The number of hydrogen-bond acceptors (Lipinski definition) is 3. The average molecular weight is 233 g/mol. The van der Waals surface area contributed by atoms with E-state index in [2.05, 4.69) is 54.6 Å². The van der Waals surface area contributed by atoms with Crippen LogP contribution in [0.15, 0.2) is 18.2 Å². The van der Waals surface area contributed by atoms with Crippen molar-refractivity contribution in [2.45, 2.75) is 19.9 Å². The lowest BCUT2D eigenvalue weighted by Gasteiger charge is -2.31.